The van der Waals surface area contributed by atoms with Gasteiger partial charge in [-0.15, -0.1) is 13.2 Å². The van der Waals surface area contributed by atoms with Gasteiger partial charge in [-0.25, -0.2) is 9.78 Å². The van der Waals surface area contributed by atoms with Gasteiger partial charge in [0.1, 0.15) is 10.8 Å². The maximum Gasteiger partial charge on any atom is 0.435 e. The zero-order chi connectivity index (χ0) is 24.8. The van der Waals surface area contributed by atoms with Crippen LogP contribution in [0.25, 0.3) is 22.0 Å². The highest BCUT2D eigenvalue weighted by Crippen LogP contribution is 2.37. The minimum absolute atomic E-state index is 0.0777. The average Bonchev–Trinajstić information content (AvgIpc) is 3.15. The number of primary amides is 1. The summed E-state index contributed by atoms with van der Waals surface area (Å²) in [6, 6.07) is 5.13. The number of nitrogen functional groups attached to an aromatic ring is 1. The predicted octanol–water partition coefficient (Wildman–Crippen LogP) is 5.35. The zero-order valence-corrected chi connectivity index (χ0v) is 20.1. The number of carbonyl (C=O) groups is 2. The first-order valence-corrected chi connectivity index (χ1v) is 10.3. The number of halogens is 1. The Labute approximate surface area is 193 Å². The number of amides is 1. The Morgan fingerprint density at radius 1 is 1.19 bits per heavy atom. The monoisotopic (exact) mass is 459 g/mol. The molecule has 172 valence electrons. The van der Waals surface area contributed by atoms with Crippen molar-refractivity contribution in [2.45, 2.75) is 47.1 Å². The predicted molar refractivity (Wildman–Crippen MR) is 130 cm³/mol. The van der Waals surface area contributed by atoms with E-state index in [0.717, 1.165) is 5.56 Å². The smallest absolute Gasteiger partial charge is 0.435 e. The molecule has 1 amide bonds. The Bertz CT molecular complexity index is 1130. The molecule has 0 aliphatic carbocycles. The number of fused-ring (bicyclic) bond motifs is 1. The van der Waals surface area contributed by atoms with E-state index in [0.29, 0.717) is 22.0 Å². The van der Waals surface area contributed by atoms with Crippen molar-refractivity contribution in [3.05, 3.63) is 54.0 Å². The third-order valence-electron chi connectivity index (χ3n) is 4.06. The molecule has 0 spiro atoms. The highest BCUT2D eigenvalue weighted by atomic mass is 35.5. The lowest BCUT2D eigenvalue weighted by atomic mass is 9.95. The van der Waals surface area contributed by atoms with Crippen LogP contribution < -0.4 is 11.5 Å². The molecule has 9 heteroatoms. The highest BCUT2D eigenvalue weighted by molar-refractivity contribution is 6.30. The summed E-state index contributed by atoms with van der Waals surface area (Å²) in [7, 11) is 0. The van der Waals surface area contributed by atoms with Gasteiger partial charge >= 0.3 is 6.09 Å². The van der Waals surface area contributed by atoms with Gasteiger partial charge in [-0.3, -0.25) is 4.79 Å². The number of hydrogen-bond donors (Lipinski definition) is 2. The maximum absolute atomic E-state index is 12.5. The lowest BCUT2D eigenvalue weighted by Crippen LogP contribution is -2.27. The van der Waals surface area contributed by atoms with Gasteiger partial charge in [0, 0.05) is 10.9 Å². The molecule has 32 heavy (non-hydrogen) atoms. The standard InChI is InChI=1S/C19H20ClN5O3.C2H6.C2H4/c1-9-5-6-12-11(8-23-25(12)18(27)28-19(2,3)4)14(9)10-7-13(20)24-16(15(10)21)17(22)26;2*1-2/h5-8H,21H2,1-4H3,(H2,22,26);1-2H3;1-2H2. The van der Waals surface area contributed by atoms with Crippen molar-refractivity contribution in [1.82, 2.24) is 14.8 Å². The summed E-state index contributed by atoms with van der Waals surface area (Å²) in [6.07, 6.45) is 0.940. The molecule has 4 N–H and O–H groups in total. The van der Waals surface area contributed by atoms with Crippen LogP contribution in [-0.2, 0) is 4.74 Å². The Hall–Kier alpha value is -3.39. The van der Waals surface area contributed by atoms with Crippen LogP contribution >= 0.6 is 11.6 Å². The molecule has 2 heterocycles. The molecule has 0 atom stereocenters. The molecular formula is C23H30ClN5O3. The fourth-order valence-electron chi connectivity index (χ4n) is 2.94. The minimum Gasteiger partial charge on any atom is -0.442 e. The first kappa shape index (κ1) is 26.6. The Morgan fingerprint density at radius 3 is 2.31 bits per heavy atom. The molecule has 0 bridgehead atoms. The van der Waals surface area contributed by atoms with Crippen molar-refractivity contribution in [3.63, 3.8) is 0 Å². The lowest BCUT2D eigenvalue weighted by Gasteiger charge is -2.19. The van der Waals surface area contributed by atoms with Crippen molar-refractivity contribution in [2.24, 2.45) is 5.73 Å². The topological polar surface area (TPSA) is 126 Å². The number of benzene rings is 1. The first-order valence-electron chi connectivity index (χ1n) is 9.96. The van der Waals surface area contributed by atoms with Gasteiger partial charge in [-0.05, 0) is 51.0 Å². The molecule has 2 aromatic heterocycles. The second-order valence-corrected chi connectivity index (χ2v) is 7.73. The Kier molecular flexibility index (Phi) is 8.97. The van der Waals surface area contributed by atoms with Crippen molar-refractivity contribution < 1.29 is 14.3 Å². The van der Waals surface area contributed by atoms with Gasteiger partial charge in [0.2, 0.25) is 0 Å². The SMILES string of the molecule is C=C.CC.Cc1ccc2c(cnn2C(=O)OC(C)(C)C)c1-c1cc(Cl)nc(C(N)=O)c1N. The number of ether oxygens (including phenoxy) is 1. The third kappa shape index (κ3) is 5.64. The van der Waals surface area contributed by atoms with Crippen LogP contribution in [0.1, 0.15) is 50.7 Å². The second-order valence-electron chi connectivity index (χ2n) is 7.35. The maximum atomic E-state index is 12.5. The van der Waals surface area contributed by atoms with Gasteiger partial charge in [0.05, 0.1) is 17.4 Å². The summed E-state index contributed by atoms with van der Waals surface area (Å²) in [5.41, 5.74) is 13.4. The van der Waals surface area contributed by atoms with Crippen molar-refractivity contribution in [3.8, 4) is 11.1 Å². The average molecular weight is 460 g/mol. The summed E-state index contributed by atoms with van der Waals surface area (Å²) in [6.45, 7) is 17.2. The molecule has 0 saturated heterocycles. The van der Waals surface area contributed by atoms with E-state index < -0.39 is 17.6 Å². The number of anilines is 1. The second kappa shape index (κ2) is 10.8. The molecule has 0 unspecified atom stereocenters. The normalized spacial score (nSPS) is 10.5. The van der Waals surface area contributed by atoms with E-state index in [9.17, 15) is 9.59 Å². The van der Waals surface area contributed by atoms with E-state index in [1.54, 1.807) is 39.1 Å². The van der Waals surface area contributed by atoms with Crippen LogP contribution in [0.4, 0.5) is 10.5 Å². The molecule has 0 saturated carbocycles. The molecule has 3 aromatic rings. The summed E-state index contributed by atoms with van der Waals surface area (Å²) >= 11 is 6.08. The van der Waals surface area contributed by atoms with E-state index in [1.165, 1.54) is 4.68 Å². The summed E-state index contributed by atoms with van der Waals surface area (Å²) in [5, 5.41) is 4.90. The number of nitrogens with two attached hydrogens (primary N) is 2. The molecule has 0 radical (unpaired) electrons. The van der Waals surface area contributed by atoms with E-state index in [1.807, 2.05) is 26.8 Å². The molecule has 0 aliphatic heterocycles. The van der Waals surface area contributed by atoms with Gasteiger partial charge in [-0.2, -0.15) is 9.78 Å². The number of nitrogens with zero attached hydrogens (tertiary/aromatic N) is 3. The van der Waals surface area contributed by atoms with Crippen LogP contribution in [0, 0.1) is 6.92 Å². The number of aromatic nitrogens is 3. The van der Waals surface area contributed by atoms with Crippen LogP contribution in [0.15, 0.2) is 37.6 Å². The van der Waals surface area contributed by atoms with E-state index >= 15 is 0 Å². The van der Waals surface area contributed by atoms with Crippen LogP contribution in [0.3, 0.4) is 0 Å². The highest BCUT2D eigenvalue weighted by Gasteiger charge is 2.23. The zero-order valence-electron chi connectivity index (χ0n) is 19.3. The van der Waals surface area contributed by atoms with Crippen LogP contribution in [0.5, 0.6) is 0 Å². The fourth-order valence-corrected chi connectivity index (χ4v) is 3.13. The molecule has 3 rings (SSSR count). The third-order valence-corrected chi connectivity index (χ3v) is 4.25. The van der Waals surface area contributed by atoms with Gasteiger partial charge in [0.25, 0.3) is 5.91 Å². The van der Waals surface area contributed by atoms with E-state index in [4.69, 9.17) is 27.8 Å². The quantitative estimate of drug-likeness (QED) is 0.392. The summed E-state index contributed by atoms with van der Waals surface area (Å²) < 4.78 is 6.58. The molecule has 0 aliphatic rings. The van der Waals surface area contributed by atoms with Crippen molar-refractivity contribution >= 4 is 40.2 Å². The fraction of sp³-hybridized carbons (Fsp3) is 0.304. The van der Waals surface area contributed by atoms with Gasteiger partial charge in [0.15, 0.2) is 5.69 Å². The molecule has 1 aromatic carbocycles. The summed E-state index contributed by atoms with van der Waals surface area (Å²) in [5.74, 6) is -0.782. The minimum atomic E-state index is -0.782. The van der Waals surface area contributed by atoms with E-state index in [2.05, 4.69) is 23.2 Å². The lowest BCUT2D eigenvalue weighted by molar-refractivity contribution is 0.0522. The van der Waals surface area contributed by atoms with Crippen molar-refractivity contribution in [2.75, 3.05) is 5.73 Å². The van der Waals surface area contributed by atoms with Gasteiger partial charge in [-0.1, -0.05) is 31.5 Å². The van der Waals surface area contributed by atoms with Crippen molar-refractivity contribution in [1.29, 1.82) is 0 Å². The number of hydrogen-bond acceptors (Lipinski definition) is 6. The number of carbonyl (C=O) groups excluding carboxylic acids is 2. The number of aryl methyl sites for hydroxylation is 1. The first-order chi connectivity index (χ1) is 15.0. The number of pyridine rings is 1. The van der Waals surface area contributed by atoms with Crippen LogP contribution in [-0.4, -0.2) is 32.4 Å². The largest absolute Gasteiger partial charge is 0.442 e. The Morgan fingerprint density at radius 2 is 1.78 bits per heavy atom. The molecule has 0 fully saturated rings. The van der Waals surface area contributed by atoms with Gasteiger partial charge < -0.3 is 16.2 Å². The molecule has 8 nitrogen and oxygen atoms in total. The Balaban J connectivity index is 0.00000121. The van der Waals surface area contributed by atoms with E-state index in [-0.39, 0.29) is 16.5 Å². The van der Waals surface area contributed by atoms with Crippen LogP contribution in [0.2, 0.25) is 5.15 Å². The number of rotatable bonds is 2. The summed E-state index contributed by atoms with van der Waals surface area (Å²) in [4.78, 5) is 28.1. The molecular weight excluding hydrogens is 430 g/mol.